The maximum atomic E-state index is 12.3. The number of amides is 1. The third-order valence-electron chi connectivity index (χ3n) is 3.52. The van der Waals surface area contributed by atoms with Gasteiger partial charge in [0.1, 0.15) is 5.69 Å². The maximum Gasteiger partial charge on any atom is 0.274 e. The van der Waals surface area contributed by atoms with Crippen LogP contribution in [-0.4, -0.2) is 34.1 Å². The Bertz CT molecular complexity index is 403. The highest BCUT2D eigenvalue weighted by Gasteiger charge is 2.28. The average Bonchev–Trinajstić information content (AvgIpc) is 2.74. The summed E-state index contributed by atoms with van der Waals surface area (Å²) in [6.07, 6.45) is 1.98. The number of aromatic amines is 1. The number of aryl methyl sites for hydroxylation is 1. The Balaban J connectivity index is 2.80. The van der Waals surface area contributed by atoms with Gasteiger partial charge in [0.25, 0.3) is 5.91 Å². The van der Waals surface area contributed by atoms with E-state index in [0.717, 1.165) is 18.5 Å². The fraction of sp³-hybridized carbons (Fsp3) is 0.714. The zero-order valence-corrected chi connectivity index (χ0v) is 12.4. The fourth-order valence-corrected chi connectivity index (χ4v) is 1.81. The monoisotopic (exact) mass is 251 g/mol. The van der Waals surface area contributed by atoms with Gasteiger partial charge in [0.15, 0.2) is 0 Å². The zero-order valence-electron chi connectivity index (χ0n) is 12.4. The van der Waals surface area contributed by atoms with Crippen LogP contribution in [-0.2, 0) is 6.42 Å². The van der Waals surface area contributed by atoms with Gasteiger partial charge in [-0.2, -0.15) is 5.10 Å². The third kappa shape index (κ3) is 3.34. The summed E-state index contributed by atoms with van der Waals surface area (Å²) in [6.45, 7) is 10.6. The first-order chi connectivity index (χ1) is 8.27. The summed E-state index contributed by atoms with van der Waals surface area (Å²) in [5, 5.41) is 7.03. The lowest BCUT2D eigenvalue weighted by Crippen LogP contribution is -2.43. The number of nitrogens with zero attached hydrogens (tertiary/aromatic N) is 2. The minimum atomic E-state index is -0.0176. The molecule has 1 atom stereocenters. The van der Waals surface area contributed by atoms with Crippen molar-refractivity contribution in [3.63, 3.8) is 0 Å². The summed E-state index contributed by atoms with van der Waals surface area (Å²) in [5.41, 5.74) is 1.60. The van der Waals surface area contributed by atoms with E-state index in [9.17, 15) is 4.79 Å². The molecule has 1 heterocycles. The number of carbonyl (C=O) groups excluding carboxylic acids is 1. The summed E-state index contributed by atoms with van der Waals surface area (Å²) in [6, 6.07) is 2.02. The Morgan fingerprint density at radius 3 is 2.61 bits per heavy atom. The van der Waals surface area contributed by atoms with Crippen molar-refractivity contribution in [2.45, 2.75) is 53.5 Å². The molecule has 1 aromatic rings. The van der Waals surface area contributed by atoms with Gasteiger partial charge in [0.05, 0.1) is 0 Å². The van der Waals surface area contributed by atoms with E-state index in [1.807, 2.05) is 13.1 Å². The number of H-pyrrole nitrogens is 1. The summed E-state index contributed by atoms with van der Waals surface area (Å²) >= 11 is 0. The van der Waals surface area contributed by atoms with E-state index < -0.39 is 0 Å². The van der Waals surface area contributed by atoms with Crippen molar-refractivity contribution in [2.75, 3.05) is 7.05 Å². The van der Waals surface area contributed by atoms with Crippen molar-refractivity contribution in [1.82, 2.24) is 15.1 Å². The number of rotatable bonds is 4. The average molecular weight is 251 g/mol. The van der Waals surface area contributed by atoms with Gasteiger partial charge in [0, 0.05) is 18.8 Å². The number of nitrogens with one attached hydrogen (secondary N) is 1. The predicted molar refractivity (Wildman–Crippen MR) is 73.6 cm³/mol. The first kappa shape index (κ1) is 14.7. The zero-order chi connectivity index (χ0) is 13.9. The molecule has 1 rings (SSSR count). The van der Waals surface area contributed by atoms with Crippen LogP contribution in [0.15, 0.2) is 6.07 Å². The van der Waals surface area contributed by atoms with Crippen molar-refractivity contribution in [3.8, 4) is 0 Å². The summed E-state index contributed by atoms with van der Waals surface area (Å²) in [5.74, 6) is -0.0176. The van der Waals surface area contributed by atoms with Crippen LogP contribution in [0, 0.1) is 5.41 Å². The lowest BCUT2D eigenvalue weighted by atomic mass is 9.87. The van der Waals surface area contributed by atoms with Crippen LogP contribution >= 0.6 is 0 Å². The van der Waals surface area contributed by atoms with E-state index in [1.165, 1.54) is 0 Å². The van der Waals surface area contributed by atoms with Crippen LogP contribution in [0.3, 0.4) is 0 Å². The Morgan fingerprint density at radius 2 is 2.11 bits per heavy atom. The number of hydrogen-bond donors (Lipinski definition) is 1. The van der Waals surface area contributed by atoms with Gasteiger partial charge in [-0.1, -0.05) is 34.1 Å². The second-order valence-corrected chi connectivity index (χ2v) is 5.99. The SMILES string of the molecule is CCCc1cc(C(=O)N(C)C(C)C(C)(C)C)n[nH]1. The minimum absolute atomic E-state index is 0.0176. The Morgan fingerprint density at radius 1 is 1.50 bits per heavy atom. The smallest absolute Gasteiger partial charge is 0.274 e. The van der Waals surface area contributed by atoms with Gasteiger partial charge in [0.2, 0.25) is 0 Å². The highest BCUT2D eigenvalue weighted by atomic mass is 16.2. The van der Waals surface area contributed by atoms with Crippen LogP contribution in [0.5, 0.6) is 0 Å². The van der Waals surface area contributed by atoms with Crippen molar-refractivity contribution >= 4 is 5.91 Å². The lowest BCUT2D eigenvalue weighted by Gasteiger charge is -2.34. The van der Waals surface area contributed by atoms with E-state index in [0.29, 0.717) is 5.69 Å². The molecule has 1 aromatic heterocycles. The second kappa shape index (κ2) is 5.55. The largest absolute Gasteiger partial charge is 0.337 e. The van der Waals surface area contributed by atoms with Crippen LogP contribution < -0.4 is 0 Å². The van der Waals surface area contributed by atoms with Crippen molar-refractivity contribution in [2.24, 2.45) is 5.41 Å². The van der Waals surface area contributed by atoms with E-state index in [2.05, 4.69) is 44.8 Å². The molecule has 0 bridgehead atoms. The van der Waals surface area contributed by atoms with Gasteiger partial charge in [-0.05, 0) is 24.8 Å². The van der Waals surface area contributed by atoms with Crippen LogP contribution in [0.1, 0.15) is 57.2 Å². The molecule has 0 aliphatic heterocycles. The summed E-state index contributed by atoms with van der Waals surface area (Å²) < 4.78 is 0. The van der Waals surface area contributed by atoms with Gasteiger partial charge in [-0.15, -0.1) is 0 Å². The molecular weight excluding hydrogens is 226 g/mol. The topological polar surface area (TPSA) is 49.0 Å². The highest BCUT2D eigenvalue weighted by Crippen LogP contribution is 2.24. The minimum Gasteiger partial charge on any atom is -0.337 e. The molecule has 0 aromatic carbocycles. The summed E-state index contributed by atoms with van der Waals surface area (Å²) in [7, 11) is 1.84. The van der Waals surface area contributed by atoms with E-state index in [1.54, 1.807) is 4.90 Å². The molecule has 0 saturated carbocycles. The maximum absolute atomic E-state index is 12.3. The third-order valence-corrected chi connectivity index (χ3v) is 3.52. The molecule has 102 valence electrons. The molecule has 4 nitrogen and oxygen atoms in total. The van der Waals surface area contributed by atoms with Gasteiger partial charge < -0.3 is 4.90 Å². The van der Waals surface area contributed by atoms with Crippen molar-refractivity contribution in [3.05, 3.63) is 17.5 Å². The molecule has 0 fully saturated rings. The molecule has 1 amide bonds. The van der Waals surface area contributed by atoms with Crippen molar-refractivity contribution < 1.29 is 4.79 Å². The molecule has 1 unspecified atom stereocenters. The Kier molecular flexibility index (Phi) is 4.54. The van der Waals surface area contributed by atoms with Gasteiger partial charge in [-0.25, -0.2) is 0 Å². The van der Waals surface area contributed by atoms with Crippen LogP contribution in [0.2, 0.25) is 0 Å². The van der Waals surface area contributed by atoms with E-state index in [-0.39, 0.29) is 17.4 Å². The predicted octanol–water partition coefficient (Wildman–Crippen LogP) is 2.87. The standard InChI is InChI=1S/C14H25N3O/c1-7-8-11-9-12(16-15-11)13(18)17(6)10(2)14(3,4)5/h9-10H,7-8H2,1-6H3,(H,15,16). The molecule has 1 N–H and O–H groups in total. The van der Waals surface area contributed by atoms with Crippen LogP contribution in [0.25, 0.3) is 0 Å². The molecule has 0 radical (unpaired) electrons. The second-order valence-electron chi connectivity index (χ2n) is 5.99. The van der Waals surface area contributed by atoms with E-state index >= 15 is 0 Å². The molecule has 0 aliphatic rings. The lowest BCUT2D eigenvalue weighted by molar-refractivity contribution is 0.0623. The molecule has 4 heteroatoms. The van der Waals surface area contributed by atoms with Crippen LogP contribution in [0.4, 0.5) is 0 Å². The van der Waals surface area contributed by atoms with Gasteiger partial charge in [-0.3, -0.25) is 9.89 Å². The quantitative estimate of drug-likeness (QED) is 0.894. The highest BCUT2D eigenvalue weighted by molar-refractivity contribution is 5.92. The van der Waals surface area contributed by atoms with Crippen molar-refractivity contribution in [1.29, 1.82) is 0 Å². The molecular formula is C14H25N3O. The fourth-order valence-electron chi connectivity index (χ4n) is 1.81. The van der Waals surface area contributed by atoms with E-state index in [4.69, 9.17) is 0 Å². The Hall–Kier alpha value is -1.32. The number of aromatic nitrogens is 2. The first-order valence-electron chi connectivity index (χ1n) is 6.58. The molecule has 0 saturated heterocycles. The Labute approximate surface area is 110 Å². The molecule has 18 heavy (non-hydrogen) atoms. The first-order valence-corrected chi connectivity index (χ1v) is 6.58. The molecule has 0 spiro atoms. The normalized spacial score (nSPS) is 13.4. The number of carbonyl (C=O) groups is 1. The summed E-state index contributed by atoms with van der Waals surface area (Å²) in [4.78, 5) is 14.1. The number of hydrogen-bond acceptors (Lipinski definition) is 2. The molecule has 0 aliphatic carbocycles. The van der Waals surface area contributed by atoms with Gasteiger partial charge >= 0.3 is 0 Å².